The molecule has 1 atom stereocenters. The maximum absolute atomic E-state index is 9.87. The first kappa shape index (κ1) is 6.19. The standard InChI is InChI=1S/C3H10NOP/c1-3-4(2)6-5/h3,6H2,1-2H3. The van der Waals surface area contributed by atoms with Crippen LogP contribution in [-0.2, 0) is 4.57 Å². The van der Waals surface area contributed by atoms with Crippen LogP contribution < -0.4 is 0 Å². The van der Waals surface area contributed by atoms with E-state index in [0.717, 1.165) is 6.54 Å². The van der Waals surface area contributed by atoms with Gasteiger partial charge in [0.05, 0.1) is 0 Å². The van der Waals surface area contributed by atoms with Gasteiger partial charge in [0.2, 0.25) is 0 Å². The van der Waals surface area contributed by atoms with E-state index in [4.69, 9.17) is 0 Å². The second-order valence-electron chi connectivity index (χ2n) is 1.18. The summed E-state index contributed by atoms with van der Waals surface area (Å²) in [7, 11) is 1.15. The average molecular weight is 107 g/mol. The molecule has 0 aromatic heterocycles. The Kier molecular flexibility index (Phi) is 3.49. The first-order valence-electron chi connectivity index (χ1n) is 1.96. The molecule has 38 valence electrons. The summed E-state index contributed by atoms with van der Waals surface area (Å²) >= 11 is 0. The summed E-state index contributed by atoms with van der Waals surface area (Å²) in [6, 6.07) is 0. The monoisotopic (exact) mass is 107 g/mol. The van der Waals surface area contributed by atoms with E-state index in [-0.39, 0.29) is 0 Å². The minimum absolute atomic E-state index is 0.682. The zero-order valence-corrected chi connectivity index (χ0v) is 5.29. The lowest BCUT2D eigenvalue weighted by Gasteiger charge is -1.99. The van der Waals surface area contributed by atoms with Gasteiger partial charge in [-0.1, -0.05) is 6.92 Å². The molecule has 6 heavy (non-hydrogen) atoms. The van der Waals surface area contributed by atoms with Crippen molar-refractivity contribution in [1.82, 2.24) is 4.67 Å². The smallest absolute Gasteiger partial charge is 0.126 e. The topological polar surface area (TPSA) is 20.3 Å². The largest absolute Gasteiger partial charge is 0.313 e. The van der Waals surface area contributed by atoms with E-state index in [1.54, 1.807) is 4.67 Å². The molecule has 0 aliphatic heterocycles. The average Bonchev–Trinajstić information content (AvgIpc) is 1.65. The maximum atomic E-state index is 9.87. The zero-order chi connectivity index (χ0) is 4.99. The van der Waals surface area contributed by atoms with Crippen molar-refractivity contribution in [3.05, 3.63) is 0 Å². The van der Waals surface area contributed by atoms with E-state index in [1.165, 1.54) is 0 Å². The predicted molar refractivity (Wildman–Crippen MR) is 28.7 cm³/mol. The molecule has 0 N–H and O–H groups in total. The van der Waals surface area contributed by atoms with Crippen molar-refractivity contribution in [3.8, 4) is 0 Å². The Bertz CT molecular complexity index is 48.1. The molecule has 0 aromatic rings. The molecule has 3 heteroatoms. The van der Waals surface area contributed by atoms with Crippen LogP contribution in [0.25, 0.3) is 0 Å². The second kappa shape index (κ2) is 3.38. The number of rotatable bonds is 2. The maximum Gasteiger partial charge on any atom is 0.126 e. The highest BCUT2D eigenvalue weighted by Crippen LogP contribution is 1.95. The van der Waals surface area contributed by atoms with E-state index in [1.807, 2.05) is 14.0 Å². The quantitative estimate of drug-likeness (QED) is 0.482. The van der Waals surface area contributed by atoms with E-state index in [0.29, 0.717) is 0 Å². The van der Waals surface area contributed by atoms with Crippen molar-refractivity contribution in [3.63, 3.8) is 0 Å². The van der Waals surface area contributed by atoms with E-state index in [9.17, 15) is 4.57 Å². The van der Waals surface area contributed by atoms with Gasteiger partial charge in [0.15, 0.2) is 0 Å². The van der Waals surface area contributed by atoms with Crippen LogP contribution in [0, 0.1) is 0 Å². The highest BCUT2D eigenvalue weighted by Gasteiger charge is 1.80. The Balaban J connectivity index is 2.96. The van der Waals surface area contributed by atoms with E-state index >= 15 is 0 Å². The first-order valence-corrected chi connectivity index (χ1v) is 2.95. The highest BCUT2D eigenvalue weighted by atomic mass is 31.1. The van der Waals surface area contributed by atoms with Gasteiger partial charge >= 0.3 is 0 Å². The molecule has 0 saturated heterocycles. The summed E-state index contributed by atoms with van der Waals surface area (Å²) in [5.41, 5.74) is 0. The first-order chi connectivity index (χ1) is 2.81. The zero-order valence-electron chi connectivity index (χ0n) is 4.14. The second-order valence-corrected chi connectivity index (χ2v) is 2.27. The van der Waals surface area contributed by atoms with Crippen molar-refractivity contribution >= 4 is 8.61 Å². The Morgan fingerprint density at radius 2 is 2.33 bits per heavy atom. The van der Waals surface area contributed by atoms with Crippen LogP contribution in [0.1, 0.15) is 6.92 Å². The van der Waals surface area contributed by atoms with E-state index < -0.39 is 8.61 Å². The minimum Gasteiger partial charge on any atom is -0.313 e. The molecule has 0 aliphatic rings. The van der Waals surface area contributed by atoms with Gasteiger partial charge in [-0.2, -0.15) is 0 Å². The molecule has 0 amide bonds. The van der Waals surface area contributed by atoms with Gasteiger partial charge in [-0.25, -0.2) is 0 Å². The third-order valence-corrected chi connectivity index (χ3v) is 1.40. The van der Waals surface area contributed by atoms with Crippen molar-refractivity contribution in [2.24, 2.45) is 0 Å². The van der Waals surface area contributed by atoms with Crippen LogP contribution >= 0.6 is 8.61 Å². The van der Waals surface area contributed by atoms with Crippen LogP contribution in [0.2, 0.25) is 0 Å². The molecular weight excluding hydrogens is 97.0 g/mol. The van der Waals surface area contributed by atoms with Crippen molar-refractivity contribution in [2.75, 3.05) is 13.6 Å². The third-order valence-electron chi connectivity index (χ3n) is 0.679. The van der Waals surface area contributed by atoms with Gasteiger partial charge in [0.25, 0.3) is 0 Å². The van der Waals surface area contributed by atoms with Gasteiger partial charge in [-0.3, -0.25) is 4.67 Å². The van der Waals surface area contributed by atoms with Gasteiger partial charge in [0.1, 0.15) is 8.61 Å². The molecule has 1 unspecified atom stereocenters. The molecule has 0 spiro atoms. The predicted octanol–water partition coefficient (Wildman–Crippen LogP) is 0.609. The van der Waals surface area contributed by atoms with Gasteiger partial charge in [-0.15, -0.1) is 0 Å². The molecular formula is C3H10NOP. The van der Waals surface area contributed by atoms with Crippen LogP contribution in [0.5, 0.6) is 0 Å². The summed E-state index contributed by atoms with van der Waals surface area (Å²) in [4.78, 5) is 0. The van der Waals surface area contributed by atoms with Gasteiger partial charge < -0.3 is 4.57 Å². The fourth-order valence-corrected chi connectivity index (χ4v) is 0.224. The molecule has 0 saturated carbocycles. The summed E-state index contributed by atoms with van der Waals surface area (Å²) in [6.07, 6.45) is 0. The molecule has 0 rings (SSSR count). The molecule has 0 bridgehead atoms. The third kappa shape index (κ3) is 2.43. The normalized spacial score (nSPS) is 11.8. The highest BCUT2D eigenvalue weighted by molar-refractivity contribution is 7.20. The Labute approximate surface area is 39.4 Å². The molecule has 0 aromatic carbocycles. The van der Waals surface area contributed by atoms with Crippen molar-refractivity contribution in [2.45, 2.75) is 6.92 Å². The molecule has 0 heterocycles. The molecule has 0 aliphatic carbocycles. The lowest BCUT2D eigenvalue weighted by atomic mass is 10.8. The van der Waals surface area contributed by atoms with Crippen molar-refractivity contribution in [1.29, 1.82) is 0 Å². The number of nitrogens with zero attached hydrogens (tertiary/aromatic N) is 1. The molecule has 0 radical (unpaired) electrons. The Morgan fingerprint density at radius 1 is 1.83 bits per heavy atom. The lowest BCUT2D eigenvalue weighted by molar-refractivity contribution is 0.520. The Morgan fingerprint density at radius 3 is 2.33 bits per heavy atom. The summed E-state index contributed by atoms with van der Waals surface area (Å²) in [5, 5.41) is 0. The van der Waals surface area contributed by atoms with Gasteiger partial charge in [0, 0.05) is 6.54 Å². The van der Waals surface area contributed by atoms with Crippen LogP contribution in [-0.4, -0.2) is 18.3 Å². The summed E-state index contributed by atoms with van der Waals surface area (Å²) < 4.78 is 11.6. The lowest BCUT2D eigenvalue weighted by Crippen LogP contribution is -2.00. The fraction of sp³-hybridized carbons (Fsp3) is 1.00. The van der Waals surface area contributed by atoms with Crippen molar-refractivity contribution < 1.29 is 4.57 Å². The van der Waals surface area contributed by atoms with E-state index in [2.05, 4.69) is 0 Å². The Hall–Kier alpha value is 0.190. The minimum atomic E-state index is -0.682. The number of hydrogen-bond donors (Lipinski definition) is 0. The fourth-order valence-electron chi connectivity index (χ4n) is 0.0745. The molecule has 2 nitrogen and oxygen atoms in total. The van der Waals surface area contributed by atoms with Crippen LogP contribution in [0.4, 0.5) is 0 Å². The van der Waals surface area contributed by atoms with Crippen LogP contribution in [0.3, 0.4) is 0 Å². The molecule has 0 fully saturated rings. The summed E-state index contributed by atoms with van der Waals surface area (Å²) in [6.45, 7) is 2.86. The SMILES string of the molecule is CCN(C)[PH2]=O. The van der Waals surface area contributed by atoms with Gasteiger partial charge in [-0.05, 0) is 7.05 Å². The van der Waals surface area contributed by atoms with Crippen LogP contribution in [0.15, 0.2) is 0 Å². The number of hydrogen-bond acceptors (Lipinski definition) is 1. The summed E-state index contributed by atoms with van der Waals surface area (Å²) in [5.74, 6) is 0.